The van der Waals surface area contributed by atoms with Crippen molar-refractivity contribution >= 4 is 5.82 Å². The van der Waals surface area contributed by atoms with Crippen molar-refractivity contribution in [3.05, 3.63) is 23.9 Å². The minimum atomic E-state index is 0.763. The summed E-state index contributed by atoms with van der Waals surface area (Å²) in [6.07, 6.45) is 3.64. The first kappa shape index (κ1) is 17.0. The molecule has 0 saturated carbocycles. The summed E-state index contributed by atoms with van der Waals surface area (Å²) in [5, 5.41) is 3.42. The Morgan fingerprint density at radius 3 is 2.50 bits per heavy atom. The average Bonchev–Trinajstić information content (AvgIpc) is 2.49. The van der Waals surface area contributed by atoms with E-state index in [1.807, 2.05) is 0 Å². The molecule has 0 aromatic carbocycles. The van der Waals surface area contributed by atoms with E-state index >= 15 is 0 Å². The molecule has 0 saturated heterocycles. The standard InChI is InChI=1S/C17H31N3/c1-5-12-18-13-16-10-9-11-17(19-16)20(8-4)14-15(6-2)7-3/h9-11,15,18H,5-8,12-14H2,1-4H3. The van der Waals surface area contributed by atoms with Crippen LogP contribution in [0.5, 0.6) is 0 Å². The smallest absolute Gasteiger partial charge is 0.128 e. The number of pyridine rings is 1. The summed E-state index contributed by atoms with van der Waals surface area (Å²) >= 11 is 0. The lowest BCUT2D eigenvalue weighted by Crippen LogP contribution is -2.30. The van der Waals surface area contributed by atoms with Crippen LogP contribution in [0.25, 0.3) is 0 Å². The number of nitrogens with zero attached hydrogens (tertiary/aromatic N) is 2. The van der Waals surface area contributed by atoms with Gasteiger partial charge in [-0.15, -0.1) is 0 Å². The predicted molar refractivity (Wildman–Crippen MR) is 88.2 cm³/mol. The molecular formula is C17H31N3. The molecule has 0 unspecified atom stereocenters. The highest BCUT2D eigenvalue weighted by Crippen LogP contribution is 2.16. The largest absolute Gasteiger partial charge is 0.357 e. The third-order valence-electron chi connectivity index (χ3n) is 3.86. The van der Waals surface area contributed by atoms with Crippen LogP contribution < -0.4 is 10.2 Å². The molecule has 114 valence electrons. The summed E-state index contributed by atoms with van der Waals surface area (Å²) < 4.78 is 0. The molecule has 0 fully saturated rings. The molecule has 0 aliphatic heterocycles. The molecule has 0 aliphatic rings. The Hall–Kier alpha value is -1.09. The SMILES string of the molecule is CCCNCc1cccc(N(CC)CC(CC)CC)n1. The van der Waals surface area contributed by atoms with Crippen LogP contribution in [0.15, 0.2) is 18.2 Å². The first-order valence-corrected chi connectivity index (χ1v) is 8.16. The molecule has 3 nitrogen and oxygen atoms in total. The van der Waals surface area contributed by atoms with Gasteiger partial charge in [-0.25, -0.2) is 4.98 Å². The summed E-state index contributed by atoms with van der Waals surface area (Å²) in [5.41, 5.74) is 1.14. The van der Waals surface area contributed by atoms with Crippen LogP contribution in [0.2, 0.25) is 0 Å². The van der Waals surface area contributed by atoms with Crippen molar-refractivity contribution in [3.8, 4) is 0 Å². The van der Waals surface area contributed by atoms with Gasteiger partial charge in [0, 0.05) is 19.6 Å². The van der Waals surface area contributed by atoms with E-state index in [1.54, 1.807) is 0 Å². The van der Waals surface area contributed by atoms with Crippen LogP contribution >= 0.6 is 0 Å². The van der Waals surface area contributed by atoms with E-state index in [2.05, 4.69) is 56.1 Å². The van der Waals surface area contributed by atoms with Gasteiger partial charge in [-0.05, 0) is 37.9 Å². The maximum absolute atomic E-state index is 4.80. The highest BCUT2D eigenvalue weighted by molar-refractivity contribution is 5.39. The van der Waals surface area contributed by atoms with Gasteiger partial charge in [0.1, 0.15) is 5.82 Å². The number of rotatable bonds is 10. The molecule has 0 bridgehead atoms. The van der Waals surface area contributed by atoms with Crippen LogP contribution in [0.4, 0.5) is 5.82 Å². The Kier molecular flexibility index (Phi) is 8.28. The fraction of sp³-hybridized carbons (Fsp3) is 0.706. The van der Waals surface area contributed by atoms with Gasteiger partial charge in [-0.3, -0.25) is 0 Å². The topological polar surface area (TPSA) is 28.2 Å². The molecule has 1 aromatic heterocycles. The van der Waals surface area contributed by atoms with E-state index in [1.165, 1.54) is 12.8 Å². The highest BCUT2D eigenvalue weighted by atomic mass is 15.2. The lowest BCUT2D eigenvalue weighted by Gasteiger charge is -2.26. The summed E-state index contributed by atoms with van der Waals surface area (Å²) in [4.78, 5) is 7.20. The first-order chi connectivity index (χ1) is 9.74. The van der Waals surface area contributed by atoms with E-state index in [0.717, 1.165) is 50.0 Å². The van der Waals surface area contributed by atoms with Gasteiger partial charge in [0.25, 0.3) is 0 Å². The van der Waals surface area contributed by atoms with Crippen molar-refractivity contribution in [2.75, 3.05) is 24.5 Å². The van der Waals surface area contributed by atoms with Crippen molar-refractivity contribution < 1.29 is 0 Å². The molecule has 1 aromatic rings. The molecule has 0 amide bonds. The molecule has 1 N–H and O–H groups in total. The molecule has 3 heteroatoms. The van der Waals surface area contributed by atoms with Crippen LogP contribution in [-0.4, -0.2) is 24.6 Å². The Balaban J connectivity index is 2.69. The van der Waals surface area contributed by atoms with Crippen molar-refractivity contribution in [1.29, 1.82) is 0 Å². The minimum Gasteiger partial charge on any atom is -0.357 e. The predicted octanol–water partition coefficient (Wildman–Crippen LogP) is 3.84. The Bertz CT molecular complexity index is 361. The fourth-order valence-electron chi connectivity index (χ4n) is 2.38. The summed E-state index contributed by atoms with van der Waals surface area (Å²) in [7, 11) is 0. The van der Waals surface area contributed by atoms with E-state index in [4.69, 9.17) is 4.98 Å². The van der Waals surface area contributed by atoms with Crippen LogP contribution in [0, 0.1) is 5.92 Å². The Morgan fingerprint density at radius 2 is 1.90 bits per heavy atom. The van der Waals surface area contributed by atoms with Gasteiger partial charge < -0.3 is 10.2 Å². The van der Waals surface area contributed by atoms with Crippen LogP contribution in [0.1, 0.15) is 52.7 Å². The number of anilines is 1. The monoisotopic (exact) mass is 277 g/mol. The van der Waals surface area contributed by atoms with Crippen LogP contribution in [0.3, 0.4) is 0 Å². The van der Waals surface area contributed by atoms with E-state index in [9.17, 15) is 0 Å². The van der Waals surface area contributed by atoms with Gasteiger partial charge in [0.05, 0.1) is 5.69 Å². The summed E-state index contributed by atoms with van der Waals surface area (Å²) in [6.45, 7) is 13.0. The van der Waals surface area contributed by atoms with E-state index in [-0.39, 0.29) is 0 Å². The molecule has 0 atom stereocenters. The zero-order chi connectivity index (χ0) is 14.8. The maximum Gasteiger partial charge on any atom is 0.128 e. The maximum atomic E-state index is 4.80. The second-order valence-corrected chi connectivity index (χ2v) is 5.39. The second-order valence-electron chi connectivity index (χ2n) is 5.39. The van der Waals surface area contributed by atoms with Crippen molar-refractivity contribution in [3.63, 3.8) is 0 Å². The normalized spacial score (nSPS) is 11.1. The molecule has 1 heterocycles. The van der Waals surface area contributed by atoms with Gasteiger partial charge >= 0.3 is 0 Å². The number of hydrogen-bond acceptors (Lipinski definition) is 3. The zero-order valence-electron chi connectivity index (χ0n) is 13.7. The zero-order valence-corrected chi connectivity index (χ0v) is 13.7. The van der Waals surface area contributed by atoms with Crippen molar-refractivity contribution in [2.45, 2.75) is 53.5 Å². The van der Waals surface area contributed by atoms with Crippen molar-refractivity contribution in [2.24, 2.45) is 5.92 Å². The quantitative estimate of drug-likeness (QED) is 0.659. The van der Waals surface area contributed by atoms with Gasteiger partial charge in [0.15, 0.2) is 0 Å². The van der Waals surface area contributed by atoms with Gasteiger partial charge in [-0.2, -0.15) is 0 Å². The molecule has 1 rings (SSSR count). The Labute approximate surface area is 124 Å². The van der Waals surface area contributed by atoms with E-state index in [0.29, 0.717) is 0 Å². The summed E-state index contributed by atoms with van der Waals surface area (Å²) in [5.74, 6) is 1.88. The van der Waals surface area contributed by atoms with E-state index < -0.39 is 0 Å². The summed E-state index contributed by atoms with van der Waals surface area (Å²) in [6, 6.07) is 6.37. The second kappa shape index (κ2) is 9.76. The molecule has 0 aliphatic carbocycles. The number of aromatic nitrogens is 1. The Morgan fingerprint density at radius 1 is 1.15 bits per heavy atom. The molecule has 20 heavy (non-hydrogen) atoms. The fourth-order valence-corrected chi connectivity index (χ4v) is 2.38. The molecular weight excluding hydrogens is 246 g/mol. The minimum absolute atomic E-state index is 0.763. The average molecular weight is 277 g/mol. The highest BCUT2D eigenvalue weighted by Gasteiger charge is 2.12. The molecule has 0 spiro atoms. The number of hydrogen-bond donors (Lipinski definition) is 1. The van der Waals surface area contributed by atoms with Crippen molar-refractivity contribution in [1.82, 2.24) is 10.3 Å². The third-order valence-corrected chi connectivity index (χ3v) is 3.86. The van der Waals surface area contributed by atoms with Crippen LogP contribution in [-0.2, 0) is 6.54 Å². The third kappa shape index (κ3) is 5.49. The number of nitrogens with one attached hydrogen (secondary N) is 1. The lowest BCUT2D eigenvalue weighted by atomic mass is 10.0. The molecule has 0 radical (unpaired) electrons. The van der Waals surface area contributed by atoms with Gasteiger partial charge in [-0.1, -0.05) is 39.7 Å². The van der Waals surface area contributed by atoms with Gasteiger partial charge in [0.2, 0.25) is 0 Å². The first-order valence-electron chi connectivity index (χ1n) is 8.16. The lowest BCUT2D eigenvalue weighted by molar-refractivity contribution is 0.484.